The number of rotatable bonds is 5. The second-order valence-corrected chi connectivity index (χ2v) is 5.73. The number of nitrogens with zero attached hydrogens (tertiary/aromatic N) is 2. The van der Waals surface area contributed by atoms with Gasteiger partial charge in [-0.05, 0) is 49.7 Å². The summed E-state index contributed by atoms with van der Waals surface area (Å²) >= 11 is 12.3. The Morgan fingerprint density at radius 3 is 2.65 bits per heavy atom. The van der Waals surface area contributed by atoms with Crippen LogP contribution < -0.4 is 5.32 Å². The molecule has 1 aromatic carbocycles. The van der Waals surface area contributed by atoms with Crippen molar-refractivity contribution >= 4 is 23.2 Å². The van der Waals surface area contributed by atoms with Gasteiger partial charge in [0.05, 0.1) is 17.4 Å². The molecule has 2 rings (SSSR count). The summed E-state index contributed by atoms with van der Waals surface area (Å²) < 4.78 is 1.92. The number of aromatic nitrogens is 2. The van der Waals surface area contributed by atoms with Crippen LogP contribution in [0.25, 0.3) is 0 Å². The summed E-state index contributed by atoms with van der Waals surface area (Å²) in [6, 6.07) is 7.85. The van der Waals surface area contributed by atoms with Crippen molar-refractivity contribution in [1.82, 2.24) is 15.1 Å². The van der Waals surface area contributed by atoms with Gasteiger partial charge in [0.15, 0.2) is 0 Å². The van der Waals surface area contributed by atoms with Crippen LogP contribution in [0.4, 0.5) is 0 Å². The largest absolute Gasteiger partial charge is 0.309 e. The van der Waals surface area contributed by atoms with E-state index < -0.39 is 0 Å². The third-order valence-corrected chi connectivity index (χ3v) is 3.88. The predicted octanol–water partition coefficient (Wildman–Crippen LogP) is 3.93. The zero-order valence-corrected chi connectivity index (χ0v) is 13.5. The number of halogens is 2. The average molecular weight is 312 g/mol. The smallest absolute Gasteiger partial charge is 0.0597 e. The SMILES string of the molecule is CCNC(Cc1cc(Cl)ccc1Cl)c1cc(C)nn1C. The molecule has 0 amide bonds. The van der Waals surface area contributed by atoms with Gasteiger partial charge < -0.3 is 5.32 Å². The molecule has 0 spiro atoms. The Kier molecular flexibility index (Phi) is 5.08. The van der Waals surface area contributed by atoms with Crippen LogP contribution in [0.2, 0.25) is 10.0 Å². The van der Waals surface area contributed by atoms with E-state index in [0.717, 1.165) is 34.9 Å². The minimum absolute atomic E-state index is 0.169. The summed E-state index contributed by atoms with van der Waals surface area (Å²) in [6.45, 7) is 4.97. The van der Waals surface area contributed by atoms with Crippen LogP contribution in [0.15, 0.2) is 24.3 Å². The monoisotopic (exact) mass is 311 g/mol. The molecule has 0 fully saturated rings. The number of benzene rings is 1. The van der Waals surface area contributed by atoms with Crippen LogP contribution in [0, 0.1) is 6.92 Å². The molecule has 0 radical (unpaired) electrons. The lowest BCUT2D eigenvalue weighted by atomic mass is 10.0. The van der Waals surface area contributed by atoms with E-state index in [0.29, 0.717) is 5.02 Å². The highest BCUT2D eigenvalue weighted by Crippen LogP contribution is 2.26. The van der Waals surface area contributed by atoms with Crippen molar-refractivity contribution in [2.45, 2.75) is 26.3 Å². The van der Waals surface area contributed by atoms with Crippen molar-refractivity contribution in [3.05, 3.63) is 51.3 Å². The van der Waals surface area contributed by atoms with Gasteiger partial charge in [-0.1, -0.05) is 30.1 Å². The highest BCUT2D eigenvalue weighted by atomic mass is 35.5. The van der Waals surface area contributed by atoms with E-state index in [-0.39, 0.29) is 6.04 Å². The minimum atomic E-state index is 0.169. The Hall–Kier alpha value is -1.03. The van der Waals surface area contributed by atoms with Crippen LogP contribution in [0.1, 0.15) is 29.9 Å². The van der Waals surface area contributed by atoms with Crippen molar-refractivity contribution in [3.63, 3.8) is 0 Å². The lowest BCUT2D eigenvalue weighted by Crippen LogP contribution is -2.25. The molecule has 0 aliphatic rings. The summed E-state index contributed by atoms with van der Waals surface area (Å²) in [7, 11) is 1.96. The van der Waals surface area contributed by atoms with Crippen molar-refractivity contribution in [2.75, 3.05) is 6.54 Å². The third-order valence-electron chi connectivity index (χ3n) is 3.28. The first-order valence-electron chi connectivity index (χ1n) is 6.69. The molecule has 0 aliphatic heterocycles. The van der Waals surface area contributed by atoms with Crippen molar-refractivity contribution in [2.24, 2.45) is 7.05 Å². The van der Waals surface area contributed by atoms with E-state index in [1.807, 2.05) is 36.9 Å². The first-order valence-corrected chi connectivity index (χ1v) is 7.44. The Morgan fingerprint density at radius 1 is 1.30 bits per heavy atom. The van der Waals surface area contributed by atoms with E-state index in [4.69, 9.17) is 23.2 Å². The Labute approximate surface area is 129 Å². The van der Waals surface area contributed by atoms with Crippen LogP contribution in [0.5, 0.6) is 0 Å². The molecule has 1 aromatic heterocycles. The van der Waals surface area contributed by atoms with Crippen LogP contribution in [-0.4, -0.2) is 16.3 Å². The molecule has 1 atom stereocenters. The van der Waals surface area contributed by atoms with Gasteiger partial charge in [0.2, 0.25) is 0 Å². The molecule has 0 aliphatic carbocycles. The molecule has 108 valence electrons. The highest BCUT2D eigenvalue weighted by molar-refractivity contribution is 6.33. The second-order valence-electron chi connectivity index (χ2n) is 4.88. The van der Waals surface area contributed by atoms with Gasteiger partial charge in [-0.15, -0.1) is 0 Å². The fourth-order valence-electron chi connectivity index (χ4n) is 2.40. The van der Waals surface area contributed by atoms with E-state index in [1.165, 1.54) is 0 Å². The summed E-state index contributed by atoms with van der Waals surface area (Å²) in [6.07, 6.45) is 0.784. The predicted molar refractivity (Wildman–Crippen MR) is 84.5 cm³/mol. The molecule has 1 unspecified atom stereocenters. The molecule has 0 bridgehead atoms. The zero-order chi connectivity index (χ0) is 14.7. The lowest BCUT2D eigenvalue weighted by molar-refractivity contribution is 0.507. The van der Waals surface area contributed by atoms with Gasteiger partial charge in [0.1, 0.15) is 0 Å². The molecule has 2 aromatic rings. The molecule has 3 nitrogen and oxygen atoms in total. The summed E-state index contributed by atoms with van der Waals surface area (Å²) in [5.41, 5.74) is 3.21. The first kappa shape index (κ1) is 15.4. The van der Waals surface area contributed by atoms with Crippen LogP contribution in [-0.2, 0) is 13.5 Å². The molecule has 0 saturated carbocycles. The van der Waals surface area contributed by atoms with Crippen molar-refractivity contribution < 1.29 is 0 Å². The quantitative estimate of drug-likeness (QED) is 0.906. The molecule has 1 heterocycles. The van der Waals surface area contributed by atoms with Gasteiger partial charge >= 0.3 is 0 Å². The molecular weight excluding hydrogens is 293 g/mol. The molecule has 0 saturated heterocycles. The summed E-state index contributed by atoms with van der Waals surface area (Å²) in [5, 5.41) is 9.35. The molecule has 5 heteroatoms. The zero-order valence-electron chi connectivity index (χ0n) is 12.0. The molecular formula is C15H19Cl2N3. The van der Waals surface area contributed by atoms with Crippen LogP contribution >= 0.6 is 23.2 Å². The standard InChI is InChI=1S/C15H19Cl2N3/c1-4-18-14(15-7-10(2)19-20(15)3)9-11-8-12(16)5-6-13(11)17/h5-8,14,18H,4,9H2,1-3H3. The Bertz CT molecular complexity index is 593. The maximum absolute atomic E-state index is 6.26. The normalized spacial score (nSPS) is 12.7. The summed E-state index contributed by atoms with van der Waals surface area (Å²) in [5.74, 6) is 0. The van der Waals surface area contributed by atoms with Crippen LogP contribution in [0.3, 0.4) is 0 Å². The van der Waals surface area contributed by atoms with E-state index in [1.54, 1.807) is 0 Å². The first-order chi connectivity index (χ1) is 9.51. The van der Waals surface area contributed by atoms with E-state index in [2.05, 4.69) is 23.4 Å². The van der Waals surface area contributed by atoms with E-state index in [9.17, 15) is 0 Å². The second kappa shape index (κ2) is 6.61. The van der Waals surface area contributed by atoms with Gasteiger partial charge in [0.25, 0.3) is 0 Å². The Morgan fingerprint density at radius 2 is 2.05 bits per heavy atom. The number of aryl methyl sites for hydroxylation is 2. The average Bonchev–Trinajstić information content (AvgIpc) is 2.72. The number of likely N-dealkylation sites (N-methyl/N-ethyl adjacent to an activating group) is 1. The van der Waals surface area contributed by atoms with Gasteiger partial charge in [-0.3, -0.25) is 4.68 Å². The Balaban J connectivity index is 2.30. The van der Waals surface area contributed by atoms with Gasteiger partial charge in [-0.25, -0.2) is 0 Å². The maximum Gasteiger partial charge on any atom is 0.0597 e. The number of nitrogens with one attached hydrogen (secondary N) is 1. The lowest BCUT2D eigenvalue weighted by Gasteiger charge is -2.19. The third kappa shape index (κ3) is 3.54. The van der Waals surface area contributed by atoms with E-state index >= 15 is 0 Å². The number of hydrogen-bond donors (Lipinski definition) is 1. The fraction of sp³-hybridized carbons (Fsp3) is 0.400. The fourth-order valence-corrected chi connectivity index (χ4v) is 2.79. The molecule has 1 N–H and O–H groups in total. The van der Waals surface area contributed by atoms with Crippen molar-refractivity contribution in [1.29, 1.82) is 0 Å². The summed E-state index contributed by atoms with van der Waals surface area (Å²) in [4.78, 5) is 0. The maximum atomic E-state index is 6.26. The van der Waals surface area contributed by atoms with Gasteiger partial charge in [-0.2, -0.15) is 5.10 Å². The highest BCUT2D eigenvalue weighted by Gasteiger charge is 2.17. The molecule has 20 heavy (non-hydrogen) atoms. The van der Waals surface area contributed by atoms with Crippen molar-refractivity contribution in [3.8, 4) is 0 Å². The van der Waals surface area contributed by atoms with Gasteiger partial charge in [0, 0.05) is 17.1 Å². The number of hydrogen-bond acceptors (Lipinski definition) is 2. The topological polar surface area (TPSA) is 29.9 Å². The minimum Gasteiger partial charge on any atom is -0.309 e.